The third kappa shape index (κ3) is 3.08. The number of hydrogen-bond donors (Lipinski definition) is 1. The number of aromatic nitrogens is 1. The highest BCUT2D eigenvalue weighted by atomic mass is 32.2. The second kappa shape index (κ2) is 5.96. The van der Waals surface area contributed by atoms with Crippen molar-refractivity contribution < 1.29 is 9.72 Å². The molecule has 1 N–H and O–H groups in total. The van der Waals surface area contributed by atoms with Crippen LogP contribution in [0.4, 0.5) is 11.4 Å². The lowest BCUT2D eigenvalue weighted by molar-refractivity contribution is -0.388. The summed E-state index contributed by atoms with van der Waals surface area (Å²) in [4.78, 5) is 25.9. The zero-order chi connectivity index (χ0) is 13.7. The molecule has 1 aromatic heterocycles. The van der Waals surface area contributed by atoms with E-state index in [9.17, 15) is 14.9 Å². The minimum absolute atomic E-state index is 0.0617. The van der Waals surface area contributed by atoms with Gasteiger partial charge in [-0.1, -0.05) is 23.9 Å². The average Bonchev–Trinajstić information content (AvgIpc) is 2.42. The van der Waals surface area contributed by atoms with Gasteiger partial charge in [0.1, 0.15) is 6.20 Å². The third-order valence-corrected chi connectivity index (χ3v) is 3.42. The van der Waals surface area contributed by atoms with Crippen molar-refractivity contribution in [1.82, 2.24) is 4.98 Å². The van der Waals surface area contributed by atoms with Crippen molar-refractivity contribution in [1.29, 1.82) is 0 Å². The number of nitro groups is 1. The van der Waals surface area contributed by atoms with E-state index in [4.69, 9.17) is 0 Å². The number of para-hydroxylation sites is 1. The van der Waals surface area contributed by atoms with Gasteiger partial charge in [0.15, 0.2) is 0 Å². The molecule has 0 unspecified atom stereocenters. The Bertz CT molecular complexity index is 619. The van der Waals surface area contributed by atoms with E-state index in [2.05, 4.69) is 10.3 Å². The molecule has 0 radical (unpaired) electrons. The van der Waals surface area contributed by atoms with Gasteiger partial charge in [-0.2, -0.15) is 0 Å². The highest BCUT2D eigenvalue weighted by molar-refractivity contribution is 7.99. The molecule has 7 heteroatoms. The Morgan fingerprint density at radius 3 is 2.79 bits per heavy atom. The molecule has 19 heavy (non-hydrogen) atoms. The van der Waals surface area contributed by atoms with E-state index in [1.807, 2.05) is 0 Å². The van der Waals surface area contributed by atoms with Gasteiger partial charge >= 0.3 is 5.69 Å². The summed E-state index contributed by atoms with van der Waals surface area (Å²) < 4.78 is 0. The topological polar surface area (TPSA) is 85.1 Å². The predicted molar refractivity (Wildman–Crippen MR) is 71.1 cm³/mol. The SMILES string of the molecule is O=CNc1ccccc1Sc1ccncc1[N+](=O)[O-]. The van der Waals surface area contributed by atoms with E-state index in [1.165, 1.54) is 24.2 Å². The Morgan fingerprint density at radius 2 is 2.05 bits per heavy atom. The fourth-order valence-corrected chi connectivity index (χ4v) is 2.43. The molecule has 0 aliphatic carbocycles. The molecule has 96 valence electrons. The number of pyridine rings is 1. The molecule has 1 heterocycles. The normalized spacial score (nSPS) is 9.89. The van der Waals surface area contributed by atoms with Crippen molar-refractivity contribution in [2.75, 3.05) is 5.32 Å². The monoisotopic (exact) mass is 275 g/mol. The molecule has 6 nitrogen and oxygen atoms in total. The van der Waals surface area contributed by atoms with E-state index in [1.54, 1.807) is 30.3 Å². The smallest absolute Gasteiger partial charge is 0.301 e. The largest absolute Gasteiger partial charge is 0.328 e. The van der Waals surface area contributed by atoms with E-state index in [0.29, 0.717) is 17.0 Å². The van der Waals surface area contributed by atoms with Crippen LogP contribution in [0.1, 0.15) is 0 Å². The highest BCUT2D eigenvalue weighted by Gasteiger charge is 2.15. The van der Waals surface area contributed by atoms with Crippen LogP contribution in [0.3, 0.4) is 0 Å². The summed E-state index contributed by atoms with van der Waals surface area (Å²) in [6.07, 6.45) is 3.27. The fraction of sp³-hybridized carbons (Fsp3) is 0. The van der Waals surface area contributed by atoms with Crippen molar-refractivity contribution in [2.24, 2.45) is 0 Å². The van der Waals surface area contributed by atoms with Gasteiger partial charge in [0, 0.05) is 11.1 Å². The molecule has 1 aromatic carbocycles. The third-order valence-electron chi connectivity index (χ3n) is 2.28. The first-order chi connectivity index (χ1) is 9.22. The Kier molecular flexibility index (Phi) is 4.09. The summed E-state index contributed by atoms with van der Waals surface area (Å²) in [5.74, 6) is 0. The van der Waals surface area contributed by atoms with Gasteiger partial charge in [-0.05, 0) is 18.2 Å². The Morgan fingerprint density at radius 1 is 1.26 bits per heavy atom. The number of carbonyl (C=O) groups is 1. The molecule has 0 aliphatic heterocycles. The van der Waals surface area contributed by atoms with Crippen LogP contribution in [0.25, 0.3) is 0 Å². The summed E-state index contributed by atoms with van der Waals surface area (Å²) in [6, 6.07) is 8.65. The molecule has 0 fully saturated rings. The summed E-state index contributed by atoms with van der Waals surface area (Å²) in [6.45, 7) is 0. The lowest BCUT2D eigenvalue weighted by Gasteiger charge is -2.07. The zero-order valence-corrected chi connectivity index (χ0v) is 10.5. The van der Waals surface area contributed by atoms with Crippen molar-refractivity contribution in [3.63, 3.8) is 0 Å². The lowest BCUT2D eigenvalue weighted by Crippen LogP contribution is -1.96. The van der Waals surface area contributed by atoms with Gasteiger partial charge in [-0.25, -0.2) is 0 Å². The molecule has 0 aliphatic rings. The molecule has 0 spiro atoms. The molecular weight excluding hydrogens is 266 g/mol. The van der Waals surface area contributed by atoms with Crippen LogP contribution in [0, 0.1) is 10.1 Å². The molecule has 0 saturated heterocycles. The Labute approximate surface area is 113 Å². The maximum Gasteiger partial charge on any atom is 0.301 e. The minimum atomic E-state index is -0.481. The first-order valence-electron chi connectivity index (χ1n) is 5.28. The summed E-state index contributed by atoms with van der Waals surface area (Å²) in [7, 11) is 0. The summed E-state index contributed by atoms with van der Waals surface area (Å²) in [5, 5.41) is 13.5. The van der Waals surface area contributed by atoms with Gasteiger partial charge in [0.2, 0.25) is 6.41 Å². The number of rotatable bonds is 5. The Balaban J connectivity index is 2.36. The highest BCUT2D eigenvalue weighted by Crippen LogP contribution is 2.37. The fourth-order valence-electron chi connectivity index (χ4n) is 1.45. The van der Waals surface area contributed by atoms with Gasteiger partial charge in [0.05, 0.1) is 15.5 Å². The quantitative estimate of drug-likeness (QED) is 0.515. The number of anilines is 1. The van der Waals surface area contributed by atoms with Crippen molar-refractivity contribution in [3.05, 3.63) is 52.8 Å². The number of benzene rings is 1. The number of hydrogen-bond acceptors (Lipinski definition) is 5. The van der Waals surface area contributed by atoms with Crippen molar-refractivity contribution in [2.45, 2.75) is 9.79 Å². The second-order valence-electron chi connectivity index (χ2n) is 3.46. The van der Waals surface area contributed by atoms with Crippen molar-refractivity contribution >= 4 is 29.5 Å². The summed E-state index contributed by atoms with van der Waals surface area (Å²) in [5.41, 5.74) is 0.544. The van der Waals surface area contributed by atoms with Crippen LogP contribution < -0.4 is 5.32 Å². The van der Waals surface area contributed by atoms with E-state index in [-0.39, 0.29) is 5.69 Å². The minimum Gasteiger partial charge on any atom is -0.328 e. The van der Waals surface area contributed by atoms with Crippen LogP contribution in [-0.4, -0.2) is 16.3 Å². The maximum absolute atomic E-state index is 10.9. The van der Waals surface area contributed by atoms with Gasteiger partial charge < -0.3 is 5.32 Å². The standard InChI is InChI=1S/C12H9N3O3S/c16-8-14-9-3-1-2-4-11(9)19-12-5-6-13-7-10(12)15(17)18/h1-8H,(H,14,16). The van der Waals surface area contributed by atoms with Crippen LogP contribution in [0.5, 0.6) is 0 Å². The van der Waals surface area contributed by atoms with Gasteiger partial charge in [0.25, 0.3) is 0 Å². The van der Waals surface area contributed by atoms with Crippen LogP contribution in [0.2, 0.25) is 0 Å². The van der Waals surface area contributed by atoms with Crippen molar-refractivity contribution in [3.8, 4) is 0 Å². The number of nitrogens with one attached hydrogen (secondary N) is 1. The van der Waals surface area contributed by atoms with Crippen LogP contribution in [-0.2, 0) is 4.79 Å². The maximum atomic E-state index is 10.9. The zero-order valence-electron chi connectivity index (χ0n) is 9.65. The number of carbonyl (C=O) groups excluding carboxylic acids is 1. The number of amides is 1. The van der Waals surface area contributed by atoms with E-state index >= 15 is 0 Å². The molecule has 0 bridgehead atoms. The van der Waals surface area contributed by atoms with Crippen LogP contribution >= 0.6 is 11.8 Å². The molecule has 2 aromatic rings. The molecular formula is C12H9N3O3S. The van der Waals surface area contributed by atoms with Gasteiger partial charge in [-0.3, -0.25) is 19.9 Å². The Hall–Kier alpha value is -2.41. The molecule has 0 atom stereocenters. The number of nitrogens with zero attached hydrogens (tertiary/aromatic N) is 2. The van der Waals surface area contributed by atoms with E-state index in [0.717, 1.165) is 4.90 Å². The first kappa shape index (κ1) is 13.0. The summed E-state index contributed by atoms with van der Waals surface area (Å²) >= 11 is 1.21. The average molecular weight is 275 g/mol. The predicted octanol–water partition coefficient (Wildman–Crippen LogP) is 2.71. The first-order valence-corrected chi connectivity index (χ1v) is 6.09. The lowest BCUT2D eigenvalue weighted by atomic mass is 10.3. The van der Waals surface area contributed by atoms with Gasteiger partial charge in [-0.15, -0.1) is 0 Å². The molecule has 1 amide bonds. The molecule has 0 saturated carbocycles. The van der Waals surface area contributed by atoms with E-state index < -0.39 is 4.92 Å². The second-order valence-corrected chi connectivity index (χ2v) is 4.54. The van der Waals surface area contributed by atoms with Crippen LogP contribution in [0.15, 0.2) is 52.5 Å². The molecule has 2 rings (SSSR count).